The number of benzene rings is 2. The van der Waals surface area contributed by atoms with Crippen molar-refractivity contribution in [3.63, 3.8) is 0 Å². The lowest BCUT2D eigenvalue weighted by atomic mass is 10.1. The zero-order chi connectivity index (χ0) is 20.1. The van der Waals surface area contributed by atoms with Crippen LogP contribution in [0.15, 0.2) is 60.0 Å². The molecule has 1 aliphatic heterocycles. The summed E-state index contributed by atoms with van der Waals surface area (Å²) in [6.45, 7) is 4.46. The summed E-state index contributed by atoms with van der Waals surface area (Å²) in [5.41, 5.74) is 1.83. The Labute approximate surface area is 178 Å². The molecule has 1 amide bonds. The average molecular weight is 432 g/mol. The minimum Gasteiger partial charge on any atom is -0.493 e. The van der Waals surface area contributed by atoms with E-state index in [4.69, 9.17) is 33.3 Å². The van der Waals surface area contributed by atoms with Crippen LogP contribution in [0.5, 0.6) is 11.5 Å². The van der Waals surface area contributed by atoms with E-state index in [1.807, 2.05) is 42.5 Å². The summed E-state index contributed by atoms with van der Waals surface area (Å²) in [6, 6.07) is 13.0. The minimum absolute atomic E-state index is 0.114. The van der Waals surface area contributed by atoms with Crippen molar-refractivity contribution in [1.82, 2.24) is 4.90 Å². The lowest BCUT2D eigenvalue weighted by Crippen LogP contribution is -2.27. The first kappa shape index (κ1) is 20.5. The number of carbonyl (C=O) groups excluding carboxylic acids is 1. The molecule has 1 heterocycles. The van der Waals surface area contributed by atoms with Gasteiger partial charge in [-0.25, -0.2) is 0 Å². The number of hydrogen-bond acceptors (Lipinski definition) is 5. The summed E-state index contributed by atoms with van der Waals surface area (Å²) in [5, 5.41) is 0.684. The lowest BCUT2D eigenvalue weighted by molar-refractivity contribution is -0.121. The Morgan fingerprint density at radius 3 is 2.64 bits per heavy atom. The Hall–Kier alpha value is -2.28. The van der Waals surface area contributed by atoms with Crippen LogP contribution in [0, 0.1) is 0 Å². The molecule has 0 aromatic heterocycles. The van der Waals surface area contributed by atoms with Crippen LogP contribution in [-0.4, -0.2) is 28.8 Å². The van der Waals surface area contributed by atoms with Crippen molar-refractivity contribution in [2.75, 3.05) is 13.7 Å². The van der Waals surface area contributed by atoms with Crippen LogP contribution in [-0.2, 0) is 11.4 Å². The fourth-order valence-electron chi connectivity index (χ4n) is 2.57. The van der Waals surface area contributed by atoms with Gasteiger partial charge >= 0.3 is 0 Å². The molecule has 0 atom stereocenters. The van der Waals surface area contributed by atoms with E-state index in [0.29, 0.717) is 38.9 Å². The van der Waals surface area contributed by atoms with Crippen LogP contribution < -0.4 is 9.47 Å². The summed E-state index contributed by atoms with van der Waals surface area (Å²) in [6.07, 6.45) is 3.46. The van der Waals surface area contributed by atoms with Crippen molar-refractivity contribution in [3.8, 4) is 11.5 Å². The molecule has 0 bridgehead atoms. The van der Waals surface area contributed by atoms with Crippen LogP contribution in [0.25, 0.3) is 6.08 Å². The number of hydrogen-bond donors (Lipinski definition) is 0. The molecule has 4 nitrogen and oxygen atoms in total. The highest BCUT2D eigenvalue weighted by Gasteiger charge is 2.30. The molecule has 0 spiro atoms. The number of nitrogens with zero attached hydrogens (tertiary/aromatic N) is 1. The van der Waals surface area contributed by atoms with Gasteiger partial charge in [0, 0.05) is 11.6 Å². The highest BCUT2D eigenvalue weighted by molar-refractivity contribution is 8.26. The van der Waals surface area contributed by atoms with Crippen LogP contribution in [0.1, 0.15) is 11.1 Å². The van der Waals surface area contributed by atoms with Gasteiger partial charge in [-0.2, -0.15) is 0 Å². The Bertz CT molecular complexity index is 941. The van der Waals surface area contributed by atoms with Gasteiger partial charge in [0.2, 0.25) is 0 Å². The highest BCUT2D eigenvalue weighted by Crippen LogP contribution is 2.35. The molecule has 0 N–H and O–H groups in total. The van der Waals surface area contributed by atoms with E-state index in [9.17, 15) is 4.79 Å². The SMILES string of the molecule is C=CCN1C(=O)C(=Cc2ccc(OCc3ccc(Cl)cc3)c(OC)c2)SC1=S. The number of halogens is 1. The average Bonchev–Trinajstić information content (AvgIpc) is 2.96. The van der Waals surface area contributed by atoms with Gasteiger partial charge in [-0.15, -0.1) is 6.58 Å². The lowest BCUT2D eigenvalue weighted by Gasteiger charge is -2.12. The molecular weight excluding hydrogens is 414 g/mol. The number of thiocarbonyl (C=S) groups is 1. The van der Waals surface area contributed by atoms with E-state index >= 15 is 0 Å². The fraction of sp³-hybridized carbons (Fsp3) is 0.143. The van der Waals surface area contributed by atoms with Gasteiger partial charge in [0.15, 0.2) is 11.5 Å². The predicted molar refractivity (Wildman–Crippen MR) is 119 cm³/mol. The van der Waals surface area contributed by atoms with Gasteiger partial charge < -0.3 is 9.47 Å². The van der Waals surface area contributed by atoms with Crippen molar-refractivity contribution in [3.05, 3.63) is 76.2 Å². The summed E-state index contributed by atoms with van der Waals surface area (Å²) < 4.78 is 11.8. The molecule has 2 aromatic rings. The highest BCUT2D eigenvalue weighted by atomic mass is 35.5. The maximum atomic E-state index is 12.5. The predicted octanol–water partition coefficient (Wildman–Crippen LogP) is 5.31. The maximum absolute atomic E-state index is 12.5. The Morgan fingerprint density at radius 2 is 1.96 bits per heavy atom. The van der Waals surface area contributed by atoms with Gasteiger partial charge in [-0.1, -0.05) is 59.9 Å². The van der Waals surface area contributed by atoms with Gasteiger partial charge in [0.05, 0.1) is 12.0 Å². The van der Waals surface area contributed by atoms with E-state index in [-0.39, 0.29) is 5.91 Å². The van der Waals surface area contributed by atoms with Crippen molar-refractivity contribution >= 4 is 51.9 Å². The number of amides is 1. The standard InChI is InChI=1S/C21H18ClNO3S2/c1-3-10-23-20(24)19(28-21(23)27)12-15-6-9-17(18(11-15)25-2)26-13-14-4-7-16(22)8-5-14/h3-9,11-12H,1,10,13H2,2H3. The third-order valence-electron chi connectivity index (χ3n) is 3.98. The van der Waals surface area contributed by atoms with E-state index in [1.165, 1.54) is 16.7 Å². The topological polar surface area (TPSA) is 38.8 Å². The minimum atomic E-state index is -0.114. The smallest absolute Gasteiger partial charge is 0.266 e. The summed E-state index contributed by atoms with van der Waals surface area (Å²) in [4.78, 5) is 14.6. The second-order valence-corrected chi connectivity index (χ2v) is 8.02. The quantitative estimate of drug-likeness (QED) is 0.337. The van der Waals surface area contributed by atoms with Crippen molar-refractivity contribution in [2.45, 2.75) is 6.61 Å². The van der Waals surface area contributed by atoms with E-state index in [1.54, 1.807) is 19.3 Å². The van der Waals surface area contributed by atoms with E-state index < -0.39 is 0 Å². The monoisotopic (exact) mass is 431 g/mol. The van der Waals surface area contributed by atoms with Gasteiger partial charge in [0.25, 0.3) is 5.91 Å². The van der Waals surface area contributed by atoms with Crippen molar-refractivity contribution in [1.29, 1.82) is 0 Å². The first-order valence-electron chi connectivity index (χ1n) is 8.43. The third kappa shape index (κ3) is 4.76. The maximum Gasteiger partial charge on any atom is 0.266 e. The molecule has 3 rings (SSSR count). The molecule has 144 valence electrons. The van der Waals surface area contributed by atoms with Gasteiger partial charge in [0.1, 0.15) is 10.9 Å². The van der Waals surface area contributed by atoms with Crippen molar-refractivity contribution in [2.24, 2.45) is 0 Å². The number of ether oxygens (including phenoxy) is 2. The molecule has 1 aliphatic rings. The third-order valence-corrected chi connectivity index (χ3v) is 5.61. The second-order valence-electron chi connectivity index (χ2n) is 5.91. The van der Waals surface area contributed by atoms with Gasteiger partial charge in [-0.3, -0.25) is 9.69 Å². The number of carbonyl (C=O) groups is 1. The van der Waals surface area contributed by atoms with Crippen LogP contribution in [0.2, 0.25) is 5.02 Å². The molecule has 28 heavy (non-hydrogen) atoms. The molecule has 0 unspecified atom stereocenters. The molecular formula is C21H18ClNO3S2. The van der Waals surface area contributed by atoms with Crippen LogP contribution in [0.4, 0.5) is 0 Å². The Balaban J connectivity index is 1.76. The van der Waals surface area contributed by atoms with E-state index in [2.05, 4.69) is 6.58 Å². The summed E-state index contributed by atoms with van der Waals surface area (Å²) in [5.74, 6) is 1.09. The molecule has 0 radical (unpaired) electrons. The first-order valence-corrected chi connectivity index (χ1v) is 10.0. The van der Waals surface area contributed by atoms with Crippen LogP contribution in [0.3, 0.4) is 0 Å². The molecule has 1 saturated heterocycles. The van der Waals surface area contributed by atoms with Crippen LogP contribution >= 0.6 is 35.6 Å². The molecule has 0 saturated carbocycles. The van der Waals surface area contributed by atoms with E-state index in [0.717, 1.165) is 11.1 Å². The number of thioether (sulfide) groups is 1. The summed E-state index contributed by atoms with van der Waals surface area (Å²) >= 11 is 12.4. The molecule has 7 heteroatoms. The number of rotatable bonds is 7. The zero-order valence-electron chi connectivity index (χ0n) is 15.2. The first-order chi connectivity index (χ1) is 13.5. The Kier molecular flexibility index (Phi) is 6.78. The normalized spacial score (nSPS) is 15.2. The largest absolute Gasteiger partial charge is 0.493 e. The number of methoxy groups -OCH3 is 1. The van der Waals surface area contributed by atoms with Gasteiger partial charge in [-0.05, 0) is 41.5 Å². The molecule has 0 aliphatic carbocycles. The molecule has 1 fully saturated rings. The zero-order valence-corrected chi connectivity index (χ0v) is 17.6. The molecule has 2 aromatic carbocycles. The summed E-state index contributed by atoms with van der Waals surface area (Å²) in [7, 11) is 1.58. The second kappa shape index (κ2) is 9.28. The fourth-order valence-corrected chi connectivity index (χ4v) is 3.97. The van der Waals surface area contributed by atoms with Crippen molar-refractivity contribution < 1.29 is 14.3 Å². The Morgan fingerprint density at radius 1 is 1.21 bits per heavy atom.